The van der Waals surface area contributed by atoms with E-state index >= 15 is 0 Å². The molecule has 0 amide bonds. The van der Waals surface area contributed by atoms with Gasteiger partial charge in [-0.05, 0) is 0 Å². The number of esters is 3. The number of aliphatic hydroxyl groups excluding tert-OH is 1. The molecule has 17 heavy (non-hydrogen) atoms. The number of aliphatic hydroxyl groups is 1. The van der Waals surface area contributed by atoms with Crippen molar-refractivity contribution >= 4 is 23.9 Å². The molecule has 1 saturated heterocycles. The SMILES string of the molecule is CC(=O)OO[C@@]1(OC(C)=O)C(=O)OC(=O)[C@@H]1O. The van der Waals surface area contributed by atoms with Gasteiger partial charge in [-0.15, -0.1) is 4.89 Å². The molecule has 1 fully saturated rings. The maximum atomic E-state index is 11.3. The number of hydrogen-bond donors (Lipinski definition) is 1. The summed E-state index contributed by atoms with van der Waals surface area (Å²) in [4.78, 5) is 51.7. The summed E-state index contributed by atoms with van der Waals surface area (Å²) in [6.07, 6.45) is -2.24. The predicted molar refractivity (Wildman–Crippen MR) is 44.5 cm³/mol. The monoisotopic (exact) mass is 248 g/mol. The van der Waals surface area contributed by atoms with Gasteiger partial charge in [-0.25, -0.2) is 14.4 Å². The Morgan fingerprint density at radius 2 is 1.88 bits per heavy atom. The standard InChI is InChI=1S/C8H8O9/c1-3(9)15-8(17-16-4(2)10)5(11)6(12)14-7(8)13/h5,11H,1-2H3/t5-,8+/m0/s1. The lowest BCUT2D eigenvalue weighted by atomic mass is 10.2. The molecule has 2 atom stereocenters. The van der Waals surface area contributed by atoms with Gasteiger partial charge in [0.25, 0.3) is 0 Å². The van der Waals surface area contributed by atoms with Crippen LogP contribution in [0.3, 0.4) is 0 Å². The van der Waals surface area contributed by atoms with Crippen LogP contribution in [0.2, 0.25) is 0 Å². The van der Waals surface area contributed by atoms with E-state index in [4.69, 9.17) is 0 Å². The first kappa shape index (κ1) is 13.1. The highest BCUT2D eigenvalue weighted by molar-refractivity contribution is 6.02. The van der Waals surface area contributed by atoms with Gasteiger partial charge in [0.05, 0.1) is 0 Å². The molecule has 1 aliphatic heterocycles. The Bertz CT molecular complexity index is 386. The van der Waals surface area contributed by atoms with E-state index in [0.29, 0.717) is 0 Å². The van der Waals surface area contributed by atoms with Crippen molar-refractivity contribution in [2.45, 2.75) is 25.7 Å². The largest absolute Gasteiger partial charge is 0.416 e. The number of hydrogen-bond acceptors (Lipinski definition) is 9. The van der Waals surface area contributed by atoms with Crippen molar-refractivity contribution in [3.63, 3.8) is 0 Å². The van der Waals surface area contributed by atoms with Crippen molar-refractivity contribution < 1.29 is 43.5 Å². The van der Waals surface area contributed by atoms with Crippen LogP contribution in [0.25, 0.3) is 0 Å². The second-order valence-electron chi connectivity index (χ2n) is 3.03. The van der Waals surface area contributed by atoms with Crippen LogP contribution in [0.15, 0.2) is 0 Å². The fourth-order valence-corrected chi connectivity index (χ4v) is 1.01. The van der Waals surface area contributed by atoms with E-state index in [-0.39, 0.29) is 0 Å². The lowest BCUT2D eigenvalue weighted by Crippen LogP contribution is -2.51. The van der Waals surface area contributed by atoms with Gasteiger partial charge in [-0.2, -0.15) is 0 Å². The zero-order chi connectivity index (χ0) is 13.2. The van der Waals surface area contributed by atoms with Gasteiger partial charge in [0.1, 0.15) is 0 Å². The fraction of sp³-hybridized carbons (Fsp3) is 0.500. The minimum absolute atomic E-state index is 0.891. The first-order valence-electron chi connectivity index (χ1n) is 4.29. The smallest absolute Gasteiger partial charge is 0.394 e. The van der Waals surface area contributed by atoms with E-state index in [2.05, 4.69) is 19.2 Å². The average molecular weight is 248 g/mol. The molecule has 0 aromatic heterocycles. The Labute approximate surface area is 94.1 Å². The number of rotatable bonds is 3. The molecule has 9 heteroatoms. The quantitative estimate of drug-likeness (QED) is 0.202. The zero-order valence-corrected chi connectivity index (χ0v) is 8.79. The summed E-state index contributed by atoms with van der Waals surface area (Å²) in [5.74, 6) is -7.73. The molecule has 0 radical (unpaired) electrons. The normalized spacial score (nSPS) is 27.6. The molecular weight excluding hydrogens is 240 g/mol. The van der Waals surface area contributed by atoms with Gasteiger partial charge in [0.2, 0.25) is 6.10 Å². The Morgan fingerprint density at radius 3 is 2.24 bits per heavy atom. The van der Waals surface area contributed by atoms with Crippen molar-refractivity contribution in [2.75, 3.05) is 0 Å². The molecular formula is C8H8O9. The van der Waals surface area contributed by atoms with E-state index in [1.807, 2.05) is 0 Å². The zero-order valence-electron chi connectivity index (χ0n) is 8.79. The van der Waals surface area contributed by atoms with E-state index < -0.39 is 35.8 Å². The first-order chi connectivity index (χ1) is 7.79. The van der Waals surface area contributed by atoms with Crippen LogP contribution in [0.5, 0.6) is 0 Å². The maximum absolute atomic E-state index is 11.3. The predicted octanol–water partition coefficient (Wildman–Crippen LogP) is -1.82. The highest BCUT2D eigenvalue weighted by Crippen LogP contribution is 2.28. The lowest BCUT2D eigenvalue weighted by molar-refractivity contribution is -0.388. The van der Waals surface area contributed by atoms with Crippen LogP contribution in [0, 0.1) is 0 Å². The van der Waals surface area contributed by atoms with Gasteiger partial charge in [0.15, 0.2) is 0 Å². The molecule has 1 rings (SSSR count). The molecule has 94 valence electrons. The summed E-state index contributed by atoms with van der Waals surface area (Å²) in [5, 5.41) is 9.35. The molecule has 0 aliphatic carbocycles. The lowest BCUT2D eigenvalue weighted by Gasteiger charge is -2.23. The number of carbonyl (C=O) groups is 4. The van der Waals surface area contributed by atoms with Crippen molar-refractivity contribution in [1.82, 2.24) is 0 Å². The van der Waals surface area contributed by atoms with E-state index in [9.17, 15) is 24.3 Å². The van der Waals surface area contributed by atoms with Crippen molar-refractivity contribution in [2.24, 2.45) is 0 Å². The van der Waals surface area contributed by atoms with Crippen LogP contribution in [-0.4, -0.2) is 40.9 Å². The molecule has 0 aromatic carbocycles. The summed E-state index contributed by atoms with van der Waals surface area (Å²) in [7, 11) is 0. The Balaban J connectivity index is 3.00. The third-order valence-electron chi connectivity index (χ3n) is 1.64. The van der Waals surface area contributed by atoms with E-state index in [1.54, 1.807) is 0 Å². The highest BCUT2D eigenvalue weighted by atomic mass is 17.2. The molecule has 1 aliphatic rings. The highest BCUT2D eigenvalue weighted by Gasteiger charge is 2.65. The van der Waals surface area contributed by atoms with Crippen molar-refractivity contribution in [3.8, 4) is 0 Å². The summed E-state index contributed by atoms with van der Waals surface area (Å²) in [6.45, 7) is 1.82. The number of cyclic esters (lactones) is 2. The van der Waals surface area contributed by atoms with Crippen LogP contribution < -0.4 is 0 Å². The van der Waals surface area contributed by atoms with Gasteiger partial charge in [-0.3, -0.25) is 9.68 Å². The summed E-state index contributed by atoms with van der Waals surface area (Å²) < 4.78 is 8.36. The minimum Gasteiger partial charge on any atom is -0.416 e. The second-order valence-corrected chi connectivity index (χ2v) is 3.03. The molecule has 0 aromatic rings. The van der Waals surface area contributed by atoms with Gasteiger partial charge < -0.3 is 14.6 Å². The molecule has 0 bridgehead atoms. The topological polar surface area (TPSA) is 125 Å². The molecule has 1 N–H and O–H groups in total. The number of carbonyl (C=O) groups excluding carboxylic acids is 4. The average Bonchev–Trinajstić information content (AvgIpc) is 2.39. The summed E-state index contributed by atoms with van der Waals surface area (Å²) in [6, 6.07) is 0. The number of ether oxygens (including phenoxy) is 2. The third kappa shape index (κ3) is 2.40. The Morgan fingerprint density at radius 1 is 1.29 bits per heavy atom. The Kier molecular flexibility index (Phi) is 3.44. The molecule has 1 heterocycles. The van der Waals surface area contributed by atoms with Crippen LogP contribution >= 0.6 is 0 Å². The third-order valence-corrected chi connectivity index (χ3v) is 1.64. The fourth-order valence-electron chi connectivity index (χ4n) is 1.01. The molecule has 0 unspecified atom stereocenters. The van der Waals surface area contributed by atoms with Gasteiger partial charge in [-0.1, -0.05) is 0 Å². The summed E-state index contributed by atoms with van der Waals surface area (Å²) in [5.41, 5.74) is 0. The second kappa shape index (κ2) is 4.47. The summed E-state index contributed by atoms with van der Waals surface area (Å²) >= 11 is 0. The molecule has 9 nitrogen and oxygen atoms in total. The first-order valence-corrected chi connectivity index (χ1v) is 4.29. The van der Waals surface area contributed by atoms with Crippen LogP contribution in [0.1, 0.15) is 13.8 Å². The minimum atomic E-state index is -2.81. The van der Waals surface area contributed by atoms with Crippen LogP contribution in [0.4, 0.5) is 0 Å². The van der Waals surface area contributed by atoms with Crippen molar-refractivity contribution in [1.29, 1.82) is 0 Å². The Hall–Kier alpha value is -2.00. The molecule has 0 saturated carbocycles. The maximum Gasteiger partial charge on any atom is 0.394 e. The van der Waals surface area contributed by atoms with E-state index in [1.165, 1.54) is 0 Å². The van der Waals surface area contributed by atoms with Gasteiger partial charge in [0, 0.05) is 13.8 Å². The van der Waals surface area contributed by atoms with Gasteiger partial charge >= 0.3 is 29.7 Å². The van der Waals surface area contributed by atoms with Crippen molar-refractivity contribution in [3.05, 3.63) is 0 Å². The molecule has 0 spiro atoms. The van der Waals surface area contributed by atoms with E-state index in [0.717, 1.165) is 13.8 Å². The van der Waals surface area contributed by atoms with Crippen LogP contribution in [-0.2, 0) is 38.4 Å².